The number of piperidine rings is 1. The Balaban J connectivity index is 1.66. The first-order valence-corrected chi connectivity index (χ1v) is 9.51. The molecule has 2 aromatic carbocycles. The van der Waals surface area contributed by atoms with Gasteiger partial charge in [-0.05, 0) is 49.1 Å². The summed E-state index contributed by atoms with van der Waals surface area (Å²) in [5, 5.41) is 2.86. The molecule has 1 aliphatic rings. The molecule has 0 atom stereocenters. The van der Waals surface area contributed by atoms with Gasteiger partial charge < -0.3 is 19.7 Å². The minimum absolute atomic E-state index is 0.162. The Morgan fingerprint density at radius 3 is 2.11 bits per heavy atom. The van der Waals surface area contributed by atoms with Gasteiger partial charge in [0.1, 0.15) is 17.1 Å². The highest BCUT2D eigenvalue weighted by Crippen LogP contribution is 2.29. The van der Waals surface area contributed by atoms with Crippen LogP contribution in [0.4, 0.5) is 5.69 Å². The van der Waals surface area contributed by atoms with Gasteiger partial charge in [0.15, 0.2) is 0 Å². The van der Waals surface area contributed by atoms with Gasteiger partial charge in [-0.3, -0.25) is 9.59 Å². The average molecular weight is 382 g/mol. The molecule has 0 unspecified atom stereocenters. The molecule has 1 aliphatic heterocycles. The van der Waals surface area contributed by atoms with Crippen LogP contribution in [-0.4, -0.2) is 44.0 Å². The van der Waals surface area contributed by atoms with Crippen LogP contribution in [0.5, 0.6) is 11.5 Å². The van der Waals surface area contributed by atoms with Crippen LogP contribution in [0.2, 0.25) is 0 Å². The van der Waals surface area contributed by atoms with E-state index in [9.17, 15) is 9.59 Å². The molecule has 28 heavy (non-hydrogen) atoms. The van der Waals surface area contributed by atoms with Crippen molar-refractivity contribution in [2.24, 2.45) is 0 Å². The number of anilines is 1. The van der Waals surface area contributed by atoms with Crippen molar-refractivity contribution < 1.29 is 19.1 Å². The zero-order valence-electron chi connectivity index (χ0n) is 16.4. The van der Waals surface area contributed by atoms with Crippen LogP contribution in [0.1, 0.15) is 35.2 Å². The molecule has 1 heterocycles. The van der Waals surface area contributed by atoms with E-state index in [0.29, 0.717) is 29.2 Å². The number of ether oxygens (including phenoxy) is 2. The standard InChI is InChI=1S/C22H26N2O4/c1-27-18-7-6-8-19(28-2)21(18)22(26)23-17-11-9-16(10-12-17)15-20(25)24-13-4-3-5-14-24/h6-12H,3-5,13-15H2,1-2H3,(H,23,26). The van der Waals surface area contributed by atoms with Crippen LogP contribution in [0.3, 0.4) is 0 Å². The number of likely N-dealkylation sites (tertiary alicyclic amines) is 1. The third-order valence-corrected chi connectivity index (χ3v) is 4.93. The Hall–Kier alpha value is -3.02. The highest BCUT2D eigenvalue weighted by Gasteiger charge is 2.19. The zero-order chi connectivity index (χ0) is 19.9. The maximum atomic E-state index is 12.7. The van der Waals surface area contributed by atoms with E-state index in [1.54, 1.807) is 30.3 Å². The van der Waals surface area contributed by atoms with Crippen molar-refractivity contribution in [2.45, 2.75) is 25.7 Å². The van der Waals surface area contributed by atoms with E-state index in [1.807, 2.05) is 17.0 Å². The van der Waals surface area contributed by atoms with Gasteiger partial charge in [0.25, 0.3) is 5.91 Å². The van der Waals surface area contributed by atoms with Gasteiger partial charge in [-0.1, -0.05) is 18.2 Å². The number of rotatable bonds is 6. The molecule has 1 saturated heterocycles. The van der Waals surface area contributed by atoms with Gasteiger partial charge in [0, 0.05) is 18.8 Å². The second kappa shape index (κ2) is 9.26. The second-order valence-electron chi connectivity index (χ2n) is 6.81. The van der Waals surface area contributed by atoms with Crippen LogP contribution in [0.25, 0.3) is 0 Å². The minimum atomic E-state index is -0.313. The third kappa shape index (κ3) is 4.63. The first kappa shape index (κ1) is 19.7. The quantitative estimate of drug-likeness (QED) is 0.830. The number of nitrogens with one attached hydrogen (secondary N) is 1. The van der Waals surface area contributed by atoms with E-state index in [2.05, 4.69) is 5.32 Å². The predicted octanol–water partition coefficient (Wildman–Crippen LogP) is 3.51. The second-order valence-corrected chi connectivity index (χ2v) is 6.81. The number of amides is 2. The predicted molar refractivity (Wildman–Crippen MR) is 108 cm³/mol. The summed E-state index contributed by atoms with van der Waals surface area (Å²) in [5.41, 5.74) is 1.92. The fraction of sp³-hybridized carbons (Fsp3) is 0.364. The number of carbonyl (C=O) groups excluding carboxylic acids is 2. The summed E-state index contributed by atoms with van der Waals surface area (Å²) in [6.45, 7) is 1.71. The molecule has 3 rings (SSSR count). The van der Waals surface area contributed by atoms with Crippen molar-refractivity contribution in [2.75, 3.05) is 32.6 Å². The van der Waals surface area contributed by atoms with Gasteiger partial charge in [0.05, 0.1) is 20.6 Å². The van der Waals surface area contributed by atoms with E-state index in [4.69, 9.17) is 9.47 Å². The van der Waals surface area contributed by atoms with Crippen LogP contribution < -0.4 is 14.8 Å². The topological polar surface area (TPSA) is 67.9 Å². The van der Waals surface area contributed by atoms with Crippen molar-refractivity contribution in [1.29, 1.82) is 0 Å². The van der Waals surface area contributed by atoms with Gasteiger partial charge >= 0.3 is 0 Å². The molecule has 1 N–H and O–H groups in total. The number of benzene rings is 2. The monoisotopic (exact) mass is 382 g/mol. The summed E-state index contributed by atoms with van der Waals surface area (Å²) >= 11 is 0. The zero-order valence-corrected chi connectivity index (χ0v) is 16.4. The van der Waals surface area contributed by atoms with Crippen LogP contribution in [0.15, 0.2) is 42.5 Å². The van der Waals surface area contributed by atoms with Crippen molar-refractivity contribution in [3.8, 4) is 11.5 Å². The Morgan fingerprint density at radius 1 is 0.929 bits per heavy atom. The number of nitrogens with zero attached hydrogens (tertiary/aromatic N) is 1. The summed E-state index contributed by atoms with van der Waals surface area (Å²) < 4.78 is 10.6. The highest BCUT2D eigenvalue weighted by molar-refractivity contribution is 6.08. The normalized spacial score (nSPS) is 13.7. The molecule has 0 saturated carbocycles. The summed E-state index contributed by atoms with van der Waals surface area (Å²) in [5.74, 6) is 0.739. The summed E-state index contributed by atoms with van der Waals surface area (Å²) in [4.78, 5) is 27.0. The molecule has 0 bridgehead atoms. The fourth-order valence-electron chi connectivity index (χ4n) is 3.40. The molecule has 2 amide bonds. The number of carbonyl (C=O) groups is 2. The Bertz CT molecular complexity index is 805. The smallest absolute Gasteiger partial charge is 0.263 e. The maximum Gasteiger partial charge on any atom is 0.263 e. The van der Waals surface area contributed by atoms with Crippen molar-refractivity contribution >= 4 is 17.5 Å². The van der Waals surface area contributed by atoms with E-state index in [0.717, 1.165) is 31.5 Å². The summed E-state index contributed by atoms with van der Waals surface area (Å²) in [7, 11) is 3.03. The average Bonchev–Trinajstić information content (AvgIpc) is 2.75. The summed E-state index contributed by atoms with van der Waals surface area (Å²) in [6, 6.07) is 12.5. The Kier molecular flexibility index (Phi) is 6.53. The molecule has 0 spiro atoms. The molecule has 0 aromatic heterocycles. The van der Waals surface area contributed by atoms with E-state index in [1.165, 1.54) is 20.6 Å². The molecule has 2 aromatic rings. The first-order valence-electron chi connectivity index (χ1n) is 9.51. The lowest BCUT2D eigenvalue weighted by atomic mass is 10.1. The highest BCUT2D eigenvalue weighted by atomic mass is 16.5. The fourth-order valence-corrected chi connectivity index (χ4v) is 3.40. The van der Waals surface area contributed by atoms with Crippen molar-refractivity contribution in [3.05, 3.63) is 53.6 Å². The third-order valence-electron chi connectivity index (χ3n) is 4.93. The Labute approximate surface area is 165 Å². The first-order chi connectivity index (χ1) is 13.6. The van der Waals surface area contributed by atoms with E-state index >= 15 is 0 Å². The molecule has 148 valence electrons. The molecular formula is C22H26N2O4. The van der Waals surface area contributed by atoms with Crippen molar-refractivity contribution in [3.63, 3.8) is 0 Å². The number of methoxy groups -OCH3 is 2. The minimum Gasteiger partial charge on any atom is -0.496 e. The number of hydrogen-bond donors (Lipinski definition) is 1. The Morgan fingerprint density at radius 2 is 1.54 bits per heavy atom. The van der Waals surface area contributed by atoms with Gasteiger partial charge in [-0.25, -0.2) is 0 Å². The number of hydrogen-bond acceptors (Lipinski definition) is 4. The molecule has 0 radical (unpaired) electrons. The lowest BCUT2D eigenvalue weighted by molar-refractivity contribution is -0.131. The maximum absolute atomic E-state index is 12.7. The van der Waals surface area contributed by atoms with Crippen LogP contribution in [-0.2, 0) is 11.2 Å². The molecule has 6 nitrogen and oxygen atoms in total. The molecule has 6 heteroatoms. The molecule has 1 fully saturated rings. The summed E-state index contributed by atoms with van der Waals surface area (Å²) in [6.07, 6.45) is 3.76. The molecular weight excluding hydrogens is 356 g/mol. The van der Waals surface area contributed by atoms with Gasteiger partial charge in [-0.2, -0.15) is 0 Å². The molecule has 0 aliphatic carbocycles. The largest absolute Gasteiger partial charge is 0.496 e. The van der Waals surface area contributed by atoms with Gasteiger partial charge in [-0.15, -0.1) is 0 Å². The SMILES string of the molecule is COc1cccc(OC)c1C(=O)Nc1ccc(CC(=O)N2CCCCC2)cc1. The van der Waals surface area contributed by atoms with Crippen LogP contribution >= 0.6 is 0 Å². The van der Waals surface area contributed by atoms with Gasteiger partial charge in [0.2, 0.25) is 5.91 Å². The lowest BCUT2D eigenvalue weighted by Gasteiger charge is -2.26. The van der Waals surface area contributed by atoms with Crippen molar-refractivity contribution in [1.82, 2.24) is 4.90 Å². The van der Waals surface area contributed by atoms with E-state index in [-0.39, 0.29) is 11.8 Å². The lowest BCUT2D eigenvalue weighted by Crippen LogP contribution is -2.36. The van der Waals surface area contributed by atoms with Crippen LogP contribution in [0, 0.1) is 0 Å². The van der Waals surface area contributed by atoms with E-state index < -0.39 is 0 Å².